The lowest BCUT2D eigenvalue weighted by Crippen LogP contribution is -2.40. The lowest BCUT2D eigenvalue weighted by molar-refractivity contribution is 0.0299. The molecule has 2 aliphatic heterocycles. The number of aromatic nitrogens is 2. The fraction of sp³-hybridized carbons (Fsp3) is 0.500. The van der Waals surface area contributed by atoms with E-state index in [4.69, 9.17) is 16.3 Å². The van der Waals surface area contributed by atoms with Gasteiger partial charge in [-0.1, -0.05) is 23.7 Å². The van der Waals surface area contributed by atoms with Crippen molar-refractivity contribution in [3.8, 4) is 0 Å². The van der Waals surface area contributed by atoms with Crippen molar-refractivity contribution in [2.45, 2.75) is 25.3 Å². The Kier molecular flexibility index (Phi) is 5.76. The summed E-state index contributed by atoms with van der Waals surface area (Å²) >= 11 is 5.98. The molecule has 1 aromatic carbocycles. The van der Waals surface area contributed by atoms with E-state index in [1.54, 1.807) is 0 Å². The van der Waals surface area contributed by atoms with Gasteiger partial charge in [0.2, 0.25) is 0 Å². The molecule has 144 valence electrons. The molecule has 0 aliphatic carbocycles. The van der Waals surface area contributed by atoms with Crippen LogP contribution in [0.25, 0.3) is 0 Å². The number of nitrogens with one attached hydrogen (secondary N) is 1. The summed E-state index contributed by atoms with van der Waals surface area (Å²) in [6, 6.07) is 9.99. The molecule has 1 atom stereocenters. The van der Waals surface area contributed by atoms with Crippen LogP contribution in [0.1, 0.15) is 40.5 Å². The first kappa shape index (κ1) is 18.5. The fourth-order valence-electron chi connectivity index (χ4n) is 3.88. The molecule has 1 amide bonds. The Bertz CT molecular complexity index is 771. The average molecular weight is 389 g/mol. The number of halogens is 1. The van der Waals surface area contributed by atoms with Crippen molar-refractivity contribution >= 4 is 17.5 Å². The monoisotopic (exact) mass is 388 g/mol. The molecule has 6 nitrogen and oxygen atoms in total. The number of carbonyl (C=O) groups excluding carboxylic acids is 1. The maximum Gasteiger partial charge on any atom is 0.274 e. The van der Waals surface area contributed by atoms with Gasteiger partial charge in [-0.3, -0.25) is 14.8 Å². The van der Waals surface area contributed by atoms with Crippen LogP contribution in [0.3, 0.4) is 0 Å². The molecular weight excluding hydrogens is 364 g/mol. The van der Waals surface area contributed by atoms with Gasteiger partial charge in [-0.25, -0.2) is 0 Å². The van der Waals surface area contributed by atoms with Crippen molar-refractivity contribution in [1.82, 2.24) is 20.0 Å². The molecule has 0 spiro atoms. The van der Waals surface area contributed by atoms with Gasteiger partial charge in [0.05, 0.1) is 13.2 Å². The number of likely N-dealkylation sites (tertiary alicyclic amines) is 1. The molecule has 1 aromatic heterocycles. The predicted octanol–water partition coefficient (Wildman–Crippen LogP) is 2.92. The third kappa shape index (κ3) is 4.51. The number of nitrogens with zero attached hydrogens (tertiary/aromatic N) is 3. The Balaban J connectivity index is 1.38. The van der Waals surface area contributed by atoms with E-state index in [-0.39, 0.29) is 5.91 Å². The fourth-order valence-corrected chi connectivity index (χ4v) is 4.01. The second-order valence-corrected chi connectivity index (χ2v) is 7.75. The second-order valence-electron chi connectivity index (χ2n) is 7.31. The Morgan fingerprint density at radius 2 is 2.00 bits per heavy atom. The van der Waals surface area contributed by atoms with Crippen LogP contribution in [-0.4, -0.2) is 65.3 Å². The van der Waals surface area contributed by atoms with Gasteiger partial charge in [-0.15, -0.1) is 0 Å². The van der Waals surface area contributed by atoms with E-state index >= 15 is 0 Å². The Hall–Kier alpha value is -1.89. The van der Waals surface area contributed by atoms with Crippen LogP contribution in [0, 0.1) is 0 Å². The van der Waals surface area contributed by atoms with Crippen LogP contribution in [-0.2, 0) is 11.3 Å². The summed E-state index contributed by atoms with van der Waals surface area (Å²) in [4.78, 5) is 16.9. The molecule has 2 aliphatic rings. The molecule has 27 heavy (non-hydrogen) atoms. The summed E-state index contributed by atoms with van der Waals surface area (Å²) in [5.74, 6) is 0.374. The number of carbonyl (C=O) groups is 1. The first-order valence-electron chi connectivity index (χ1n) is 9.58. The molecule has 2 fully saturated rings. The zero-order valence-electron chi connectivity index (χ0n) is 15.4. The molecule has 1 N–H and O–H groups in total. The van der Waals surface area contributed by atoms with Crippen molar-refractivity contribution in [2.24, 2.45) is 0 Å². The number of aromatic amines is 1. The van der Waals surface area contributed by atoms with Crippen LogP contribution >= 0.6 is 11.6 Å². The van der Waals surface area contributed by atoms with Gasteiger partial charge in [0, 0.05) is 42.8 Å². The minimum atomic E-state index is -0.00497. The van der Waals surface area contributed by atoms with Crippen molar-refractivity contribution in [3.05, 3.63) is 52.3 Å². The third-order valence-corrected chi connectivity index (χ3v) is 5.63. The first-order chi connectivity index (χ1) is 13.2. The van der Waals surface area contributed by atoms with Gasteiger partial charge in [0.1, 0.15) is 5.69 Å². The van der Waals surface area contributed by atoms with Gasteiger partial charge < -0.3 is 9.64 Å². The van der Waals surface area contributed by atoms with Crippen LogP contribution in [0.5, 0.6) is 0 Å². The molecule has 7 heteroatoms. The molecule has 0 bridgehead atoms. The summed E-state index contributed by atoms with van der Waals surface area (Å²) in [5, 5.41) is 8.18. The molecule has 2 aromatic rings. The topological polar surface area (TPSA) is 61.5 Å². The van der Waals surface area contributed by atoms with E-state index in [1.807, 2.05) is 23.1 Å². The van der Waals surface area contributed by atoms with Gasteiger partial charge in [-0.05, 0) is 43.1 Å². The van der Waals surface area contributed by atoms with E-state index in [0.717, 1.165) is 43.2 Å². The molecular formula is C20H25ClN4O2. The van der Waals surface area contributed by atoms with Gasteiger partial charge in [0.25, 0.3) is 5.91 Å². The van der Waals surface area contributed by atoms with E-state index in [0.29, 0.717) is 37.9 Å². The standard InChI is InChI=1S/C20H25ClN4O2/c21-17-5-3-15(4-6-17)13-24-7-1-2-16(14-24)18-12-19(23-22-18)20(26)25-8-10-27-11-9-25/h3-6,12,16H,1-2,7-11,13-14H2,(H,22,23)/t16-/m1/s1. The predicted molar refractivity (Wildman–Crippen MR) is 104 cm³/mol. The number of H-pyrrole nitrogens is 1. The minimum absolute atomic E-state index is 0.00497. The highest BCUT2D eigenvalue weighted by molar-refractivity contribution is 6.30. The molecule has 3 heterocycles. The normalized spacial score (nSPS) is 21.4. The van der Waals surface area contributed by atoms with Crippen molar-refractivity contribution in [3.63, 3.8) is 0 Å². The van der Waals surface area contributed by atoms with Gasteiger partial charge in [0.15, 0.2) is 0 Å². The summed E-state index contributed by atoms with van der Waals surface area (Å²) in [6.07, 6.45) is 2.26. The van der Waals surface area contributed by atoms with Crippen molar-refractivity contribution in [2.75, 3.05) is 39.4 Å². The van der Waals surface area contributed by atoms with Crippen LogP contribution in [0.2, 0.25) is 5.02 Å². The quantitative estimate of drug-likeness (QED) is 0.874. The summed E-state index contributed by atoms with van der Waals surface area (Å²) in [7, 11) is 0. The second kappa shape index (κ2) is 8.42. The van der Waals surface area contributed by atoms with E-state index in [2.05, 4.69) is 27.2 Å². The maximum atomic E-state index is 12.6. The Labute approximate surface area is 164 Å². The Morgan fingerprint density at radius 1 is 1.22 bits per heavy atom. The van der Waals surface area contributed by atoms with Crippen molar-refractivity contribution in [1.29, 1.82) is 0 Å². The molecule has 0 saturated carbocycles. The number of ether oxygens (including phenoxy) is 1. The molecule has 2 saturated heterocycles. The molecule has 4 rings (SSSR count). The number of morpholine rings is 1. The van der Waals surface area contributed by atoms with E-state index in [9.17, 15) is 4.79 Å². The number of piperidine rings is 1. The van der Waals surface area contributed by atoms with Gasteiger partial charge >= 0.3 is 0 Å². The number of amides is 1. The highest BCUT2D eigenvalue weighted by Gasteiger charge is 2.26. The van der Waals surface area contributed by atoms with E-state index < -0.39 is 0 Å². The first-order valence-corrected chi connectivity index (χ1v) is 9.96. The summed E-state index contributed by atoms with van der Waals surface area (Å²) < 4.78 is 5.32. The smallest absolute Gasteiger partial charge is 0.274 e. The zero-order chi connectivity index (χ0) is 18.6. The van der Waals surface area contributed by atoms with E-state index in [1.165, 1.54) is 5.56 Å². The van der Waals surface area contributed by atoms with Gasteiger partial charge in [-0.2, -0.15) is 5.10 Å². The number of benzene rings is 1. The third-order valence-electron chi connectivity index (χ3n) is 5.38. The van der Waals surface area contributed by atoms with Crippen LogP contribution in [0.4, 0.5) is 0 Å². The Morgan fingerprint density at radius 3 is 2.78 bits per heavy atom. The zero-order valence-corrected chi connectivity index (χ0v) is 16.1. The molecule has 0 radical (unpaired) electrons. The largest absolute Gasteiger partial charge is 0.378 e. The summed E-state index contributed by atoms with van der Waals surface area (Å²) in [5.41, 5.74) is 2.85. The highest BCUT2D eigenvalue weighted by Crippen LogP contribution is 2.27. The number of hydrogen-bond donors (Lipinski definition) is 1. The van der Waals surface area contributed by atoms with Crippen molar-refractivity contribution < 1.29 is 9.53 Å². The molecule has 0 unspecified atom stereocenters. The number of rotatable bonds is 4. The summed E-state index contributed by atoms with van der Waals surface area (Å²) in [6.45, 7) is 5.46. The SMILES string of the molecule is O=C(c1cc([C@@H]2CCCN(Cc3ccc(Cl)cc3)C2)[nH]n1)N1CCOCC1. The highest BCUT2D eigenvalue weighted by atomic mass is 35.5. The lowest BCUT2D eigenvalue weighted by atomic mass is 9.94. The maximum absolute atomic E-state index is 12.6. The average Bonchev–Trinajstić information content (AvgIpc) is 3.20. The lowest BCUT2D eigenvalue weighted by Gasteiger charge is -2.32. The number of hydrogen-bond acceptors (Lipinski definition) is 4. The van der Waals surface area contributed by atoms with Crippen LogP contribution in [0.15, 0.2) is 30.3 Å². The minimum Gasteiger partial charge on any atom is -0.378 e. The van der Waals surface area contributed by atoms with Crippen LogP contribution < -0.4 is 0 Å².